The molecule has 1 amide bonds. The molecule has 1 aromatic rings. The van der Waals surface area contributed by atoms with Gasteiger partial charge >= 0.3 is 5.97 Å². The van der Waals surface area contributed by atoms with E-state index in [4.69, 9.17) is 4.74 Å². The van der Waals surface area contributed by atoms with Crippen LogP contribution in [0.25, 0.3) is 0 Å². The van der Waals surface area contributed by atoms with Gasteiger partial charge in [-0.25, -0.2) is 0 Å². The Morgan fingerprint density at radius 2 is 2.05 bits per heavy atom. The van der Waals surface area contributed by atoms with E-state index in [1.54, 1.807) is 4.90 Å². The van der Waals surface area contributed by atoms with Crippen LogP contribution in [0.15, 0.2) is 24.3 Å². The second kappa shape index (κ2) is 6.55. The number of rotatable bonds is 5. The fraction of sp³-hybridized carbons (Fsp3) is 0.500. The van der Waals surface area contributed by atoms with Gasteiger partial charge in [-0.15, -0.1) is 0 Å². The number of carbonyl (C=O) groups excluding carboxylic acids is 2. The largest absolute Gasteiger partial charge is 0.469 e. The topological polar surface area (TPSA) is 46.6 Å². The van der Waals surface area contributed by atoms with E-state index in [2.05, 4.69) is 19.1 Å². The summed E-state index contributed by atoms with van der Waals surface area (Å²) >= 11 is 0. The molecular formula is C16H21NO3. The van der Waals surface area contributed by atoms with Crippen molar-refractivity contribution in [3.63, 3.8) is 0 Å². The summed E-state index contributed by atoms with van der Waals surface area (Å²) in [4.78, 5) is 25.2. The van der Waals surface area contributed by atoms with Crippen molar-refractivity contribution >= 4 is 17.6 Å². The minimum absolute atomic E-state index is 0.0123. The van der Waals surface area contributed by atoms with E-state index in [1.165, 1.54) is 25.5 Å². The Morgan fingerprint density at radius 3 is 2.65 bits per heavy atom. The molecule has 4 nitrogen and oxygen atoms in total. The van der Waals surface area contributed by atoms with Crippen LogP contribution in [0.3, 0.4) is 0 Å². The predicted octanol–water partition coefficient (Wildman–Crippen LogP) is 2.56. The molecule has 1 saturated heterocycles. The van der Waals surface area contributed by atoms with Crippen molar-refractivity contribution in [1.82, 2.24) is 0 Å². The number of nitrogens with zero attached hydrogens (tertiary/aromatic N) is 1. The summed E-state index contributed by atoms with van der Waals surface area (Å²) in [5.41, 5.74) is 2.15. The molecule has 4 heteroatoms. The first-order valence-electron chi connectivity index (χ1n) is 7.12. The molecule has 0 bridgehead atoms. The number of hydrogen-bond donors (Lipinski definition) is 0. The van der Waals surface area contributed by atoms with Crippen LogP contribution in [0, 0.1) is 5.92 Å². The molecule has 1 aromatic carbocycles. The van der Waals surface area contributed by atoms with Gasteiger partial charge in [0.15, 0.2) is 0 Å². The average molecular weight is 275 g/mol. The highest BCUT2D eigenvalue weighted by molar-refractivity contribution is 5.99. The molecule has 1 atom stereocenters. The summed E-state index contributed by atoms with van der Waals surface area (Å²) in [5.74, 6) is -0.658. The maximum Gasteiger partial charge on any atom is 0.311 e. The van der Waals surface area contributed by atoms with E-state index in [0.717, 1.165) is 12.1 Å². The third-order valence-corrected chi connectivity index (χ3v) is 3.73. The minimum Gasteiger partial charge on any atom is -0.469 e. The molecule has 0 spiro atoms. The lowest BCUT2D eigenvalue weighted by atomic mass is 10.1. The summed E-state index contributed by atoms with van der Waals surface area (Å²) < 4.78 is 4.71. The number of methoxy groups -OCH3 is 1. The van der Waals surface area contributed by atoms with Crippen molar-refractivity contribution in [2.45, 2.75) is 32.6 Å². The SMILES string of the molecule is CCCCc1ccc(N2C[C@@H](C(=O)OC)CC2=O)cc1. The van der Waals surface area contributed by atoms with Crippen LogP contribution < -0.4 is 4.90 Å². The quantitative estimate of drug-likeness (QED) is 0.776. The van der Waals surface area contributed by atoms with E-state index in [9.17, 15) is 9.59 Å². The Labute approximate surface area is 119 Å². The Bertz CT molecular complexity index is 481. The summed E-state index contributed by atoms with van der Waals surface area (Å²) in [5, 5.41) is 0. The lowest BCUT2D eigenvalue weighted by Crippen LogP contribution is -2.26. The summed E-state index contributed by atoms with van der Waals surface area (Å²) in [6.07, 6.45) is 3.65. The van der Waals surface area contributed by atoms with Crippen LogP contribution >= 0.6 is 0 Å². The molecule has 0 aromatic heterocycles. The number of anilines is 1. The van der Waals surface area contributed by atoms with Crippen LogP contribution in [0.5, 0.6) is 0 Å². The molecule has 0 aliphatic carbocycles. The molecule has 1 fully saturated rings. The third-order valence-electron chi connectivity index (χ3n) is 3.73. The predicted molar refractivity (Wildman–Crippen MR) is 77.5 cm³/mol. The molecule has 2 rings (SSSR count). The van der Waals surface area contributed by atoms with E-state index >= 15 is 0 Å². The van der Waals surface area contributed by atoms with Gasteiger partial charge in [0, 0.05) is 18.7 Å². The van der Waals surface area contributed by atoms with E-state index in [-0.39, 0.29) is 24.2 Å². The van der Waals surface area contributed by atoms with Crippen LogP contribution in [0.4, 0.5) is 5.69 Å². The Kier molecular flexibility index (Phi) is 4.77. The van der Waals surface area contributed by atoms with Gasteiger partial charge in [0.1, 0.15) is 0 Å². The number of benzene rings is 1. The van der Waals surface area contributed by atoms with Crippen molar-refractivity contribution in [3.8, 4) is 0 Å². The summed E-state index contributed by atoms with van der Waals surface area (Å²) in [6.45, 7) is 2.59. The summed E-state index contributed by atoms with van der Waals surface area (Å²) in [7, 11) is 1.36. The van der Waals surface area contributed by atoms with E-state index in [1.807, 2.05) is 12.1 Å². The maximum atomic E-state index is 12.0. The molecule has 20 heavy (non-hydrogen) atoms. The fourth-order valence-corrected chi connectivity index (χ4v) is 2.51. The highest BCUT2D eigenvalue weighted by Gasteiger charge is 2.35. The zero-order valence-corrected chi connectivity index (χ0v) is 12.1. The molecule has 0 saturated carbocycles. The summed E-state index contributed by atoms with van der Waals surface area (Å²) in [6, 6.07) is 8.04. The van der Waals surface area contributed by atoms with Crippen molar-refractivity contribution < 1.29 is 14.3 Å². The lowest BCUT2D eigenvalue weighted by molar-refractivity contribution is -0.145. The Hall–Kier alpha value is -1.84. The van der Waals surface area contributed by atoms with Gasteiger partial charge in [-0.05, 0) is 30.5 Å². The van der Waals surface area contributed by atoms with Gasteiger partial charge in [-0.3, -0.25) is 9.59 Å². The third kappa shape index (κ3) is 3.18. The number of amides is 1. The fourth-order valence-electron chi connectivity index (χ4n) is 2.51. The van der Waals surface area contributed by atoms with Gasteiger partial charge < -0.3 is 9.64 Å². The second-order valence-electron chi connectivity index (χ2n) is 5.20. The van der Waals surface area contributed by atoms with Gasteiger partial charge in [0.05, 0.1) is 13.0 Å². The van der Waals surface area contributed by atoms with Gasteiger partial charge in [-0.1, -0.05) is 25.5 Å². The first-order valence-corrected chi connectivity index (χ1v) is 7.12. The lowest BCUT2D eigenvalue weighted by Gasteiger charge is -2.16. The van der Waals surface area contributed by atoms with Crippen molar-refractivity contribution in [1.29, 1.82) is 0 Å². The smallest absolute Gasteiger partial charge is 0.311 e. The highest BCUT2D eigenvalue weighted by Crippen LogP contribution is 2.26. The highest BCUT2D eigenvalue weighted by atomic mass is 16.5. The van der Waals surface area contributed by atoms with Gasteiger partial charge in [-0.2, -0.15) is 0 Å². The standard InChI is InChI=1S/C16H21NO3/c1-3-4-5-12-6-8-14(9-7-12)17-11-13(10-15(17)18)16(19)20-2/h6-9,13H,3-5,10-11H2,1-2H3/t13-/m0/s1. The van der Waals surface area contributed by atoms with Gasteiger partial charge in [0.2, 0.25) is 5.91 Å². The van der Waals surface area contributed by atoms with E-state index in [0.29, 0.717) is 6.54 Å². The van der Waals surface area contributed by atoms with Crippen molar-refractivity contribution in [2.24, 2.45) is 5.92 Å². The molecule has 0 radical (unpaired) electrons. The minimum atomic E-state index is -0.340. The number of aryl methyl sites for hydroxylation is 1. The van der Waals surface area contributed by atoms with Crippen molar-refractivity contribution in [2.75, 3.05) is 18.6 Å². The molecule has 1 aliphatic heterocycles. The number of unbranched alkanes of at least 4 members (excludes halogenated alkanes) is 1. The normalized spacial score (nSPS) is 18.4. The van der Waals surface area contributed by atoms with E-state index < -0.39 is 0 Å². The number of carbonyl (C=O) groups is 2. The number of ether oxygens (including phenoxy) is 1. The molecule has 0 unspecified atom stereocenters. The zero-order chi connectivity index (χ0) is 14.5. The van der Waals surface area contributed by atoms with Crippen LogP contribution in [-0.4, -0.2) is 25.5 Å². The molecule has 1 heterocycles. The second-order valence-corrected chi connectivity index (χ2v) is 5.20. The first-order chi connectivity index (χ1) is 9.65. The van der Waals surface area contributed by atoms with Gasteiger partial charge in [0.25, 0.3) is 0 Å². The van der Waals surface area contributed by atoms with Crippen LogP contribution in [-0.2, 0) is 20.7 Å². The molecule has 108 valence electrons. The van der Waals surface area contributed by atoms with Crippen LogP contribution in [0.1, 0.15) is 31.7 Å². The monoisotopic (exact) mass is 275 g/mol. The maximum absolute atomic E-state index is 12.0. The first kappa shape index (κ1) is 14.6. The molecule has 0 N–H and O–H groups in total. The zero-order valence-electron chi connectivity index (χ0n) is 12.1. The Balaban J connectivity index is 2.04. The molecular weight excluding hydrogens is 254 g/mol. The number of hydrogen-bond acceptors (Lipinski definition) is 3. The van der Waals surface area contributed by atoms with Crippen molar-refractivity contribution in [3.05, 3.63) is 29.8 Å². The van der Waals surface area contributed by atoms with Crippen LogP contribution in [0.2, 0.25) is 0 Å². The average Bonchev–Trinajstić information content (AvgIpc) is 2.87. The molecule has 1 aliphatic rings. The number of esters is 1. The Morgan fingerprint density at radius 1 is 1.35 bits per heavy atom.